The van der Waals surface area contributed by atoms with E-state index < -0.39 is 0 Å². The van der Waals surface area contributed by atoms with Crippen molar-refractivity contribution in [3.05, 3.63) is 29.8 Å². The Morgan fingerprint density at radius 1 is 1.29 bits per heavy atom. The zero-order chi connectivity index (χ0) is 17.7. The van der Waals surface area contributed by atoms with Gasteiger partial charge in [0.1, 0.15) is 0 Å². The van der Waals surface area contributed by atoms with Crippen LogP contribution in [0.25, 0.3) is 0 Å². The second-order valence-corrected chi connectivity index (χ2v) is 7.16. The minimum atomic E-state index is -0.248. The smallest absolute Gasteiger partial charge is 0.229 e. The standard InChI is InChI=1S/C19H29N3O2/c1-14(2)15-6-8-17(9-7-15)20-19(24)16-12-18(23)22(13-16)11-5-10-21(3)4/h6-9,14,16H,5,10-13H2,1-4H3,(H,20,24). The van der Waals surface area contributed by atoms with Gasteiger partial charge in [-0.1, -0.05) is 26.0 Å². The van der Waals surface area contributed by atoms with Crippen LogP contribution >= 0.6 is 0 Å². The van der Waals surface area contributed by atoms with E-state index in [-0.39, 0.29) is 17.7 Å². The first-order chi connectivity index (χ1) is 11.4. The van der Waals surface area contributed by atoms with Crippen molar-refractivity contribution < 1.29 is 9.59 Å². The summed E-state index contributed by atoms with van der Waals surface area (Å²) in [6.07, 6.45) is 1.25. The van der Waals surface area contributed by atoms with Gasteiger partial charge < -0.3 is 15.1 Å². The van der Waals surface area contributed by atoms with Gasteiger partial charge in [0.25, 0.3) is 0 Å². The van der Waals surface area contributed by atoms with Crippen LogP contribution in [0, 0.1) is 5.92 Å². The van der Waals surface area contributed by atoms with Crippen LogP contribution in [0.5, 0.6) is 0 Å². The Hall–Kier alpha value is -1.88. The largest absolute Gasteiger partial charge is 0.342 e. The molecule has 1 aliphatic heterocycles. The van der Waals surface area contributed by atoms with E-state index >= 15 is 0 Å². The fourth-order valence-corrected chi connectivity index (χ4v) is 2.94. The number of rotatable bonds is 7. The molecule has 5 heteroatoms. The van der Waals surface area contributed by atoms with Gasteiger partial charge in [-0.15, -0.1) is 0 Å². The number of amides is 2. The molecule has 0 radical (unpaired) electrons. The number of nitrogens with one attached hydrogen (secondary N) is 1. The SMILES string of the molecule is CC(C)c1ccc(NC(=O)C2CC(=O)N(CCCN(C)C)C2)cc1. The molecule has 24 heavy (non-hydrogen) atoms. The third-order valence-electron chi connectivity index (χ3n) is 4.46. The highest BCUT2D eigenvalue weighted by Gasteiger charge is 2.33. The van der Waals surface area contributed by atoms with Crippen LogP contribution in [0.15, 0.2) is 24.3 Å². The molecule has 1 heterocycles. The first kappa shape index (κ1) is 18.5. The number of carbonyl (C=O) groups excluding carboxylic acids is 2. The predicted octanol–water partition coefficient (Wildman–Crippen LogP) is 2.55. The Morgan fingerprint density at radius 2 is 1.96 bits per heavy atom. The molecule has 2 rings (SSSR count). The highest BCUT2D eigenvalue weighted by atomic mass is 16.2. The molecule has 132 valence electrons. The van der Waals surface area contributed by atoms with Crippen molar-refractivity contribution in [2.75, 3.05) is 39.0 Å². The molecule has 1 unspecified atom stereocenters. The molecule has 1 atom stereocenters. The summed E-state index contributed by atoms with van der Waals surface area (Å²) >= 11 is 0. The maximum absolute atomic E-state index is 12.4. The maximum Gasteiger partial charge on any atom is 0.229 e. The molecule has 0 spiro atoms. The summed E-state index contributed by atoms with van der Waals surface area (Å²) in [7, 11) is 4.04. The molecule has 1 fully saturated rings. The third-order valence-corrected chi connectivity index (χ3v) is 4.46. The van der Waals surface area contributed by atoms with Crippen molar-refractivity contribution in [2.45, 2.75) is 32.6 Å². The van der Waals surface area contributed by atoms with Crippen molar-refractivity contribution in [3.8, 4) is 0 Å². The molecule has 0 aliphatic carbocycles. The minimum Gasteiger partial charge on any atom is -0.342 e. The number of carbonyl (C=O) groups is 2. The van der Waals surface area contributed by atoms with Gasteiger partial charge in [0.2, 0.25) is 11.8 Å². The molecule has 0 aromatic heterocycles. The number of benzene rings is 1. The molecular weight excluding hydrogens is 302 g/mol. The monoisotopic (exact) mass is 331 g/mol. The van der Waals surface area contributed by atoms with Gasteiger partial charge in [0.15, 0.2) is 0 Å². The van der Waals surface area contributed by atoms with Crippen molar-refractivity contribution in [1.29, 1.82) is 0 Å². The van der Waals surface area contributed by atoms with Crippen molar-refractivity contribution >= 4 is 17.5 Å². The van der Waals surface area contributed by atoms with E-state index in [0.29, 0.717) is 18.9 Å². The van der Waals surface area contributed by atoms with E-state index in [1.165, 1.54) is 5.56 Å². The van der Waals surface area contributed by atoms with E-state index in [2.05, 4.69) is 24.1 Å². The van der Waals surface area contributed by atoms with Crippen LogP contribution in [-0.2, 0) is 9.59 Å². The van der Waals surface area contributed by atoms with Crippen LogP contribution in [0.4, 0.5) is 5.69 Å². The van der Waals surface area contributed by atoms with E-state index in [1.54, 1.807) is 0 Å². The zero-order valence-electron chi connectivity index (χ0n) is 15.2. The first-order valence-corrected chi connectivity index (χ1v) is 8.70. The lowest BCUT2D eigenvalue weighted by atomic mass is 10.0. The average Bonchev–Trinajstić information content (AvgIpc) is 2.89. The quantitative estimate of drug-likeness (QED) is 0.835. The molecule has 5 nitrogen and oxygen atoms in total. The number of likely N-dealkylation sites (tertiary alicyclic amines) is 1. The molecule has 1 aromatic rings. The van der Waals surface area contributed by atoms with Gasteiger partial charge in [-0.3, -0.25) is 9.59 Å². The van der Waals surface area contributed by atoms with Gasteiger partial charge in [0, 0.05) is 25.2 Å². The lowest BCUT2D eigenvalue weighted by Gasteiger charge is -2.18. The van der Waals surface area contributed by atoms with Gasteiger partial charge in [-0.25, -0.2) is 0 Å². The molecule has 0 bridgehead atoms. The van der Waals surface area contributed by atoms with Crippen LogP contribution in [0.2, 0.25) is 0 Å². The Kier molecular flexibility index (Phi) is 6.37. The minimum absolute atomic E-state index is 0.0595. The van der Waals surface area contributed by atoms with Crippen molar-refractivity contribution in [2.24, 2.45) is 5.92 Å². The molecule has 1 aromatic carbocycles. The second kappa shape index (κ2) is 8.29. The number of anilines is 1. The number of hydrogen-bond acceptors (Lipinski definition) is 3. The highest BCUT2D eigenvalue weighted by Crippen LogP contribution is 2.21. The van der Waals surface area contributed by atoms with Crippen LogP contribution in [-0.4, -0.2) is 55.3 Å². The van der Waals surface area contributed by atoms with Crippen LogP contribution in [0.3, 0.4) is 0 Å². The fraction of sp³-hybridized carbons (Fsp3) is 0.579. The van der Waals surface area contributed by atoms with E-state index in [0.717, 1.165) is 25.2 Å². The maximum atomic E-state index is 12.4. The van der Waals surface area contributed by atoms with Gasteiger partial charge in [-0.05, 0) is 50.7 Å². The summed E-state index contributed by atoms with van der Waals surface area (Å²) < 4.78 is 0. The summed E-state index contributed by atoms with van der Waals surface area (Å²) in [6, 6.07) is 7.93. The summed E-state index contributed by atoms with van der Waals surface area (Å²) in [5.41, 5.74) is 2.04. The second-order valence-electron chi connectivity index (χ2n) is 7.16. The summed E-state index contributed by atoms with van der Waals surface area (Å²) in [5, 5.41) is 2.94. The zero-order valence-corrected chi connectivity index (χ0v) is 15.2. The van der Waals surface area contributed by atoms with E-state index in [9.17, 15) is 9.59 Å². The van der Waals surface area contributed by atoms with Gasteiger partial charge in [0.05, 0.1) is 5.92 Å². The molecular formula is C19H29N3O2. The Balaban J connectivity index is 1.85. The van der Waals surface area contributed by atoms with Crippen molar-refractivity contribution in [1.82, 2.24) is 9.80 Å². The Labute approximate surface area is 145 Å². The average molecular weight is 331 g/mol. The van der Waals surface area contributed by atoms with E-state index in [4.69, 9.17) is 0 Å². The topological polar surface area (TPSA) is 52.7 Å². The van der Waals surface area contributed by atoms with Crippen LogP contribution < -0.4 is 5.32 Å². The molecule has 1 saturated heterocycles. The lowest BCUT2D eigenvalue weighted by Crippen LogP contribution is -2.30. The molecule has 1 aliphatic rings. The summed E-state index contributed by atoms with van der Waals surface area (Å²) in [4.78, 5) is 28.4. The fourth-order valence-electron chi connectivity index (χ4n) is 2.94. The first-order valence-electron chi connectivity index (χ1n) is 8.70. The highest BCUT2D eigenvalue weighted by molar-refractivity contribution is 5.97. The summed E-state index contributed by atoms with van der Waals surface area (Å²) in [5.74, 6) is 0.249. The van der Waals surface area contributed by atoms with Crippen LogP contribution in [0.1, 0.15) is 38.2 Å². The van der Waals surface area contributed by atoms with E-state index in [1.807, 2.05) is 43.3 Å². The molecule has 2 amide bonds. The Morgan fingerprint density at radius 3 is 2.54 bits per heavy atom. The number of nitrogens with zero attached hydrogens (tertiary/aromatic N) is 2. The third kappa shape index (κ3) is 5.06. The normalized spacial score (nSPS) is 17.8. The molecule has 1 N–H and O–H groups in total. The molecule has 0 saturated carbocycles. The van der Waals surface area contributed by atoms with Crippen molar-refractivity contribution in [3.63, 3.8) is 0 Å². The summed E-state index contributed by atoms with van der Waals surface area (Å²) in [6.45, 7) is 6.49. The van der Waals surface area contributed by atoms with Gasteiger partial charge >= 0.3 is 0 Å². The van der Waals surface area contributed by atoms with Gasteiger partial charge in [-0.2, -0.15) is 0 Å². The lowest BCUT2D eigenvalue weighted by molar-refractivity contribution is -0.128. The Bertz CT molecular complexity index is 566. The number of hydrogen-bond donors (Lipinski definition) is 1. The predicted molar refractivity (Wildman–Crippen MR) is 97.0 cm³/mol.